The lowest BCUT2D eigenvalue weighted by Crippen LogP contribution is -2.32. The number of halogens is 1. The number of nitrogens with zero attached hydrogens (tertiary/aromatic N) is 3. The number of amidine groups is 1. The van der Waals surface area contributed by atoms with Gasteiger partial charge in [0, 0.05) is 19.5 Å². The summed E-state index contributed by atoms with van der Waals surface area (Å²) in [4.78, 5) is 10.2. The minimum atomic E-state index is -0.0433. The molecule has 94 valence electrons. The Balaban J connectivity index is 2.82. The molecule has 0 saturated carbocycles. The normalized spacial score (nSPS) is 12.0. The largest absolute Gasteiger partial charge is 0.480 e. The van der Waals surface area contributed by atoms with Crippen LogP contribution in [0.1, 0.15) is 6.92 Å². The van der Waals surface area contributed by atoms with Gasteiger partial charge in [0.15, 0.2) is 0 Å². The molecule has 0 fully saturated rings. The van der Waals surface area contributed by atoms with Gasteiger partial charge in [-0.05, 0) is 15.9 Å². The summed E-state index contributed by atoms with van der Waals surface area (Å²) in [5, 5.41) is 7.35. The number of anilines is 1. The molecular weight excluding hydrogens is 286 g/mol. The molecule has 0 spiro atoms. The molecule has 0 aliphatic rings. The van der Waals surface area contributed by atoms with E-state index < -0.39 is 0 Å². The molecule has 1 aromatic heterocycles. The lowest BCUT2D eigenvalue weighted by Gasteiger charge is -2.21. The average molecular weight is 302 g/mol. The number of nitrogens with one attached hydrogen (secondary N) is 1. The number of ether oxygens (including phenoxy) is 1. The van der Waals surface area contributed by atoms with Gasteiger partial charge in [-0.2, -0.15) is 4.98 Å². The Morgan fingerprint density at radius 3 is 2.88 bits per heavy atom. The molecule has 1 atom stereocenters. The van der Waals surface area contributed by atoms with Crippen molar-refractivity contribution in [2.75, 3.05) is 25.6 Å². The third kappa shape index (κ3) is 3.55. The van der Waals surface area contributed by atoms with E-state index in [0.29, 0.717) is 22.8 Å². The second kappa shape index (κ2) is 5.81. The fourth-order valence-corrected chi connectivity index (χ4v) is 1.61. The molecule has 0 aliphatic carbocycles. The molecule has 17 heavy (non-hydrogen) atoms. The van der Waals surface area contributed by atoms with Crippen LogP contribution in [-0.4, -0.2) is 36.5 Å². The van der Waals surface area contributed by atoms with Crippen LogP contribution in [0, 0.1) is 11.3 Å². The van der Waals surface area contributed by atoms with Gasteiger partial charge < -0.3 is 15.4 Å². The molecule has 0 saturated heterocycles. The van der Waals surface area contributed by atoms with Crippen LogP contribution < -0.4 is 15.4 Å². The van der Waals surface area contributed by atoms with E-state index in [1.807, 2.05) is 18.9 Å². The van der Waals surface area contributed by atoms with Crippen LogP contribution in [0.2, 0.25) is 0 Å². The Morgan fingerprint density at radius 1 is 1.71 bits per heavy atom. The smallest absolute Gasteiger partial charge is 0.232 e. The first kappa shape index (κ1) is 13.7. The Hall–Kier alpha value is -1.37. The second-order valence-electron chi connectivity index (χ2n) is 3.76. The molecule has 1 heterocycles. The highest BCUT2D eigenvalue weighted by molar-refractivity contribution is 9.10. The van der Waals surface area contributed by atoms with Crippen molar-refractivity contribution in [3.05, 3.63) is 10.7 Å². The first-order chi connectivity index (χ1) is 7.95. The summed E-state index contributed by atoms with van der Waals surface area (Å²) in [6, 6.07) is 0. The van der Waals surface area contributed by atoms with Crippen LogP contribution in [0.5, 0.6) is 5.88 Å². The van der Waals surface area contributed by atoms with Crippen molar-refractivity contribution in [2.45, 2.75) is 6.92 Å². The summed E-state index contributed by atoms with van der Waals surface area (Å²) in [6.45, 7) is 2.47. The van der Waals surface area contributed by atoms with Crippen LogP contribution in [0.3, 0.4) is 0 Å². The third-order valence-electron chi connectivity index (χ3n) is 2.31. The number of hydrogen-bond donors (Lipinski definition) is 2. The Labute approximate surface area is 109 Å². The molecule has 0 aliphatic heterocycles. The molecule has 1 aromatic rings. The van der Waals surface area contributed by atoms with Crippen LogP contribution in [0.4, 0.5) is 5.95 Å². The molecule has 7 heteroatoms. The number of nitrogens with two attached hydrogens (primary N) is 1. The van der Waals surface area contributed by atoms with E-state index in [1.165, 1.54) is 0 Å². The first-order valence-corrected chi connectivity index (χ1v) is 5.86. The van der Waals surface area contributed by atoms with Gasteiger partial charge in [0.2, 0.25) is 11.8 Å². The maximum absolute atomic E-state index is 7.35. The topological polar surface area (TPSA) is 88.1 Å². The monoisotopic (exact) mass is 301 g/mol. The van der Waals surface area contributed by atoms with Gasteiger partial charge in [0.1, 0.15) is 0 Å². The first-order valence-electron chi connectivity index (χ1n) is 5.07. The summed E-state index contributed by atoms with van der Waals surface area (Å²) in [5.74, 6) is 1.13. The molecule has 0 amide bonds. The second-order valence-corrected chi connectivity index (χ2v) is 4.62. The fourth-order valence-electron chi connectivity index (χ4n) is 1.26. The average Bonchev–Trinajstić information content (AvgIpc) is 2.29. The number of hydrogen-bond acceptors (Lipinski definition) is 5. The summed E-state index contributed by atoms with van der Waals surface area (Å²) in [6.07, 6.45) is 1.64. The van der Waals surface area contributed by atoms with Gasteiger partial charge in [-0.25, -0.2) is 4.98 Å². The van der Waals surface area contributed by atoms with E-state index in [9.17, 15) is 0 Å². The van der Waals surface area contributed by atoms with Gasteiger partial charge in [0.05, 0.1) is 23.6 Å². The Morgan fingerprint density at radius 2 is 2.35 bits per heavy atom. The van der Waals surface area contributed by atoms with Crippen LogP contribution in [0.25, 0.3) is 0 Å². The molecular formula is C10H16BrN5O. The fraction of sp³-hybridized carbons (Fsp3) is 0.500. The SMILES string of the molecule is COc1nc(N(C)CC(C)C(=N)N)ncc1Br. The van der Waals surface area contributed by atoms with E-state index in [1.54, 1.807) is 13.3 Å². The van der Waals surface area contributed by atoms with Gasteiger partial charge in [-0.15, -0.1) is 0 Å². The van der Waals surface area contributed by atoms with Crippen molar-refractivity contribution in [3.8, 4) is 5.88 Å². The number of aromatic nitrogens is 2. The minimum absolute atomic E-state index is 0.0433. The molecule has 0 radical (unpaired) electrons. The van der Waals surface area contributed by atoms with Crippen molar-refractivity contribution in [2.24, 2.45) is 11.7 Å². The quantitative estimate of drug-likeness (QED) is 0.631. The summed E-state index contributed by atoms with van der Waals surface area (Å²) < 4.78 is 5.80. The maximum Gasteiger partial charge on any atom is 0.232 e. The Kier molecular flexibility index (Phi) is 4.68. The maximum atomic E-state index is 7.35. The van der Waals surface area contributed by atoms with E-state index in [4.69, 9.17) is 15.9 Å². The third-order valence-corrected chi connectivity index (χ3v) is 2.86. The summed E-state index contributed by atoms with van der Waals surface area (Å²) >= 11 is 3.29. The van der Waals surface area contributed by atoms with Crippen LogP contribution in [-0.2, 0) is 0 Å². The number of methoxy groups -OCH3 is 1. The zero-order valence-corrected chi connectivity index (χ0v) is 11.7. The van der Waals surface area contributed by atoms with Crippen LogP contribution >= 0.6 is 15.9 Å². The van der Waals surface area contributed by atoms with Crippen molar-refractivity contribution >= 4 is 27.7 Å². The number of rotatable bonds is 5. The van der Waals surface area contributed by atoms with Gasteiger partial charge in [-0.3, -0.25) is 5.41 Å². The van der Waals surface area contributed by atoms with E-state index in [0.717, 1.165) is 0 Å². The molecule has 1 unspecified atom stereocenters. The lowest BCUT2D eigenvalue weighted by atomic mass is 10.1. The van der Waals surface area contributed by atoms with Crippen molar-refractivity contribution in [1.29, 1.82) is 5.41 Å². The predicted molar refractivity (Wildman–Crippen MR) is 70.6 cm³/mol. The zero-order chi connectivity index (χ0) is 13.0. The molecule has 1 rings (SSSR count). The van der Waals surface area contributed by atoms with Gasteiger partial charge >= 0.3 is 0 Å². The predicted octanol–water partition coefficient (Wildman–Crippen LogP) is 1.26. The minimum Gasteiger partial charge on any atom is -0.480 e. The highest BCUT2D eigenvalue weighted by Crippen LogP contribution is 2.23. The van der Waals surface area contributed by atoms with Crippen molar-refractivity contribution in [1.82, 2.24) is 9.97 Å². The zero-order valence-electron chi connectivity index (χ0n) is 10.1. The standard InChI is InChI=1S/C10H16BrN5O/c1-6(8(12)13)5-16(2)10-14-4-7(11)9(15-10)17-3/h4,6H,5H2,1-3H3,(H3,12,13). The van der Waals surface area contributed by atoms with E-state index >= 15 is 0 Å². The van der Waals surface area contributed by atoms with Gasteiger partial charge in [0.25, 0.3) is 0 Å². The van der Waals surface area contributed by atoms with Crippen LogP contribution in [0.15, 0.2) is 10.7 Å². The highest BCUT2D eigenvalue weighted by atomic mass is 79.9. The van der Waals surface area contributed by atoms with E-state index in [2.05, 4.69) is 25.9 Å². The van der Waals surface area contributed by atoms with Gasteiger partial charge in [-0.1, -0.05) is 6.92 Å². The van der Waals surface area contributed by atoms with Crippen molar-refractivity contribution < 1.29 is 4.74 Å². The van der Waals surface area contributed by atoms with Crippen molar-refractivity contribution in [3.63, 3.8) is 0 Å². The lowest BCUT2D eigenvalue weighted by molar-refractivity contribution is 0.394. The summed E-state index contributed by atoms with van der Waals surface area (Å²) in [7, 11) is 3.40. The molecule has 6 nitrogen and oxygen atoms in total. The summed E-state index contributed by atoms with van der Waals surface area (Å²) in [5.41, 5.74) is 5.43. The Bertz CT molecular complexity index is 412. The van der Waals surface area contributed by atoms with E-state index in [-0.39, 0.29) is 11.8 Å². The molecule has 0 aromatic carbocycles. The molecule has 0 bridgehead atoms. The highest BCUT2D eigenvalue weighted by Gasteiger charge is 2.13. The molecule has 3 N–H and O–H groups in total.